The van der Waals surface area contributed by atoms with Crippen molar-refractivity contribution in [2.45, 2.75) is 17.9 Å². The molecule has 0 aromatic heterocycles. The van der Waals surface area contributed by atoms with Crippen molar-refractivity contribution in [2.24, 2.45) is 0 Å². The molecule has 1 aromatic rings. The molecule has 1 aliphatic heterocycles. The molecule has 3 heteroatoms. The van der Waals surface area contributed by atoms with E-state index in [2.05, 4.69) is 18.3 Å². The number of rotatable bonds is 2. The van der Waals surface area contributed by atoms with Crippen LogP contribution in [0.4, 0.5) is 0 Å². The minimum absolute atomic E-state index is 0.490. The van der Waals surface area contributed by atoms with Crippen molar-refractivity contribution in [3.63, 3.8) is 0 Å². The maximum absolute atomic E-state index is 6.09. The van der Waals surface area contributed by atoms with Crippen molar-refractivity contribution in [1.29, 1.82) is 0 Å². The summed E-state index contributed by atoms with van der Waals surface area (Å²) >= 11 is 7.93. The van der Waals surface area contributed by atoms with Crippen LogP contribution in [-0.2, 0) is 0 Å². The van der Waals surface area contributed by atoms with Gasteiger partial charge in [0.25, 0.3) is 0 Å². The summed E-state index contributed by atoms with van der Waals surface area (Å²) in [4.78, 5) is 1.26. The molecule has 0 amide bonds. The van der Waals surface area contributed by atoms with Gasteiger partial charge in [-0.1, -0.05) is 30.7 Å². The van der Waals surface area contributed by atoms with Gasteiger partial charge in [0.2, 0.25) is 0 Å². The molecule has 0 saturated heterocycles. The van der Waals surface area contributed by atoms with Crippen LogP contribution in [0.1, 0.15) is 18.5 Å². The SMILES string of the molecule is CCNC1CSc2c(Cl)cccc21. The Morgan fingerprint density at radius 1 is 1.62 bits per heavy atom. The van der Waals surface area contributed by atoms with Gasteiger partial charge in [0.15, 0.2) is 0 Å². The zero-order valence-electron chi connectivity index (χ0n) is 7.51. The number of hydrogen-bond donors (Lipinski definition) is 1. The highest BCUT2D eigenvalue weighted by atomic mass is 35.5. The van der Waals surface area contributed by atoms with Crippen molar-refractivity contribution in [3.8, 4) is 0 Å². The molecule has 0 saturated carbocycles. The quantitative estimate of drug-likeness (QED) is 0.811. The van der Waals surface area contributed by atoms with Crippen molar-refractivity contribution < 1.29 is 0 Å². The second-order valence-electron chi connectivity index (χ2n) is 3.08. The van der Waals surface area contributed by atoms with Crippen molar-refractivity contribution in [2.75, 3.05) is 12.3 Å². The van der Waals surface area contributed by atoms with Gasteiger partial charge >= 0.3 is 0 Å². The summed E-state index contributed by atoms with van der Waals surface area (Å²) in [6, 6.07) is 6.64. The largest absolute Gasteiger partial charge is 0.309 e. The van der Waals surface area contributed by atoms with E-state index in [-0.39, 0.29) is 0 Å². The molecule has 1 aliphatic rings. The summed E-state index contributed by atoms with van der Waals surface area (Å²) < 4.78 is 0. The lowest BCUT2D eigenvalue weighted by Crippen LogP contribution is -2.20. The van der Waals surface area contributed by atoms with Crippen LogP contribution < -0.4 is 5.32 Å². The summed E-state index contributed by atoms with van der Waals surface area (Å²) in [6.45, 7) is 3.14. The van der Waals surface area contributed by atoms with Crippen LogP contribution >= 0.6 is 23.4 Å². The van der Waals surface area contributed by atoms with Gasteiger partial charge in [0, 0.05) is 16.7 Å². The smallest absolute Gasteiger partial charge is 0.0545 e. The van der Waals surface area contributed by atoms with Crippen molar-refractivity contribution in [3.05, 3.63) is 28.8 Å². The van der Waals surface area contributed by atoms with Crippen LogP contribution in [0, 0.1) is 0 Å². The highest BCUT2D eigenvalue weighted by Gasteiger charge is 2.23. The van der Waals surface area contributed by atoms with Crippen LogP contribution in [0.2, 0.25) is 5.02 Å². The molecule has 2 rings (SSSR count). The predicted molar refractivity (Wildman–Crippen MR) is 58.6 cm³/mol. The topological polar surface area (TPSA) is 12.0 Å². The third kappa shape index (κ3) is 1.71. The van der Waals surface area contributed by atoms with E-state index >= 15 is 0 Å². The van der Waals surface area contributed by atoms with Gasteiger partial charge in [-0.3, -0.25) is 0 Å². The second kappa shape index (κ2) is 3.91. The number of benzene rings is 1. The molecule has 0 fully saturated rings. The fourth-order valence-electron chi connectivity index (χ4n) is 1.62. The van der Waals surface area contributed by atoms with Gasteiger partial charge in [0.1, 0.15) is 0 Å². The molecule has 1 atom stereocenters. The molecule has 0 radical (unpaired) electrons. The van der Waals surface area contributed by atoms with Gasteiger partial charge in [-0.05, 0) is 18.2 Å². The Morgan fingerprint density at radius 2 is 2.46 bits per heavy atom. The molecular formula is C10H12ClNS. The lowest BCUT2D eigenvalue weighted by atomic mass is 10.1. The molecule has 0 aliphatic carbocycles. The number of fused-ring (bicyclic) bond motifs is 1. The zero-order valence-corrected chi connectivity index (χ0v) is 9.08. The summed E-state index contributed by atoms with van der Waals surface area (Å²) in [5.74, 6) is 1.10. The molecule has 1 heterocycles. The van der Waals surface area contributed by atoms with E-state index in [0.29, 0.717) is 6.04 Å². The van der Waals surface area contributed by atoms with Gasteiger partial charge in [-0.25, -0.2) is 0 Å². The van der Waals surface area contributed by atoms with Crippen LogP contribution in [-0.4, -0.2) is 12.3 Å². The van der Waals surface area contributed by atoms with Gasteiger partial charge < -0.3 is 5.32 Å². The average molecular weight is 214 g/mol. The molecule has 1 N–H and O–H groups in total. The molecule has 70 valence electrons. The number of hydrogen-bond acceptors (Lipinski definition) is 2. The Bertz CT molecular complexity index is 314. The van der Waals surface area contributed by atoms with E-state index in [1.54, 1.807) is 0 Å². The van der Waals surface area contributed by atoms with E-state index in [1.165, 1.54) is 10.5 Å². The lowest BCUT2D eigenvalue weighted by molar-refractivity contribution is 0.608. The summed E-state index contributed by atoms with van der Waals surface area (Å²) in [6.07, 6.45) is 0. The third-order valence-corrected chi connectivity index (χ3v) is 3.89. The van der Waals surface area contributed by atoms with Crippen molar-refractivity contribution in [1.82, 2.24) is 5.32 Å². The van der Waals surface area contributed by atoms with Crippen LogP contribution in [0.25, 0.3) is 0 Å². The highest BCUT2D eigenvalue weighted by Crippen LogP contribution is 2.42. The monoisotopic (exact) mass is 213 g/mol. The number of thioether (sulfide) groups is 1. The molecular weight excluding hydrogens is 202 g/mol. The Labute approximate surface area is 87.9 Å². The first-order valence-electron chi connectivity index (χ1n) is 4.47. The summed E-state index contributed by atoms with van der Waals surface area (Å²) in [7, 11) is 0. The summed E-state index contributed by atoms with van der Waals surface area (Å²) in [5.41, 5.74) is 1.36. The molecule has 0 bridgehead atoms. The number of halogens is 1. The molecule has 1 unspecified atom stereocenters. The standard InChI is InChI=1S/C10H12ClNS/c1-2-12-9-6-13-10-7(9)4-3-5-8(10)11/h3-5,9,12H,2,6H2,1H3. The van der Waals surface area contributed by atoms with Crippen molar-refractivity contribution >= 4 is 23.4 Å². The highest BCUT2D eigenvalue weighted by molar-refractivity contribution is 7.99. The second-order valence-corrected chi connectivity index (χ2v) is 4.52. The normalized spacial score (nSPS) is 20.3. The minimum atomic E-state index is 0.490. The van der Waals surface area contributed by atoms with Gasteiger partial charge in [-0.15, -0.1) is 11.8 Å². The Morgan fingerprint density at radius 3 is 3.23 bits per heavy atom. The Kier molecular flexibility index (Phi) is 2.82. The fourth-order valence-corrected chi connectivity index (χ4v) is 3.18. The number of nitrogens with one attached hydrogen (secondary N) is 1. The minimum Gasteiger partial charge on any atom is -0.309 e. The maximum atomic E-state index is 6.09. The Balaban J connectivity index is 2.32. The molecule has 0 spiro atoms. The predicted octanol–water partition coefficient (Wildman–Crippen LogP) is 3.10. The lowest BCUT2D eigenvalue weighted by Gasteiger charge is -2.10. The maximum Gasteiger partial charge on any atom is 0.0545 e. The summed E-state index contributed by atoms with van der Waals surface area (Å²) in [5, 5.41) is 4.34. The van der Waals surface area contributed by atoms with E-state index in [1.807, 2.05) is 23.9 Å². The average Bonchev–Trinajstić information content (AvgIpc) is 2.51. The fraction of sp³-hybridized carbons (Fsp3) is 0.400. The van der Waals surface area contributed by atoms with Crippen LogP contribution in [0.3, 0.4) is 0 Å². The molecule has 1 aromatic carbocycles. The van der Waals surface area contributed by atoms with Crippen LogP contribution in [0.15, 0.2) is 23.1 Å². The van der Waals surface area contributed by atoms with E-state index < -0.39 is 0 Å². The zero-order chi connectivity index (χ0) is 9.26. The molecule has 1 nitrogen and oxygen atoms in total. The van der Waals surface area contributed by atoms with E-state index in [4.69, 9.17) is 11.6 Å². The van der Waals surface area contributed by atoms with Gasteiger partial charge in [0.05, 0.1) is 5.02 Å². The first-order chi connectivity index (χ1) is 6.33. The molecule has 13 heavy (non-hydrogen) atoms. The van der Waals surface area contributed by atoms with E-state index in [0.717, 1.165) is 17.3 Å². The Hall–Kier alpha value is -0.180. The third-order valence-electron chi connectivity index (χ3n) is 2.22. The van der Waals surface area contributed by atoms with Crippen LogP contribution in [0.5, 0.6) is 0 Å². The first-order valence-corrected chi connectivity index (χ1v) is 5.84. The first kappa shape index (κ1) is 9.38. The van der Waals surface area contributed by atoms with E-state index in [9.17, 15) is 0 Å². The van der Waals surface area contributed by atoms with Gasteiger partial charge in [-0.2, -0.15) is 0 Å².